The second-order valence-electron chi connectivity index (χ2n) is 3.99. The van der Waals surface area contributed by atoms with E-state index in [1.165, 1.54) is 0 Å². The Bertz CT molecular complexity index is 649. The largest absolute Gasteiger partial charge is 0.399 e. The van der Waals surface area contributed by atoms with E-state index in [-0.39, 0.29) is 4.90 Å². The summed E-state index contributed by atoms with van der Waals surface area (Å²) >= 11 is 0. The zero-order chi connectivity index (χ0) is 13.2. The minimum absolute atomic E-state index is 0.279. The smallest absolute Gasteiger partial charge is 0.262 e. The summed E-state index contributed by atoms with van der Waals surface area (Å²) in [5.41, 5.74) is 7.34. The van der Waals surface area contributed by atoms with E-state index in [9.17, 15) is 8.42 Å². The molecule has 2 aromatic rings. The molecule has 2 aromatic carbocycles. The Morgan fingerprint density at radius 1 is 1.00 bits per heavy atom. The average Bonchev–Trinajstić information content (AvgIpc) is 2.32. The van der Waals surface area contributed by atoms with Gasteiger partial charge in [0, 0.05) is 11.4 Å². The van der Waals surface area contributed by atoms with Crippen molar-refractivity contribution in [1.82, 2.24) is 0 Å². The van der Waals surface area contributed by atoms with E-state index < -0.39 is 10.0 Å². The Hall–Kier alpha value is -2.01. The van der Waals surface area contributed by atoms with Gasteiger partial charge in [-0.15, -0.1) is 0 Å². The van der Waals surface area contributed by atoms with Gasteiger partial charge in [0.15, 0.2) is 0 Å². The number of rotatable bonds is 3. The number of anilines is 2. The molecule has 0 heterocycles. The molecule has 0 radical (unpaired) electrons. The number of nitrogens with one attached hydrogen (secondary N) is 1. The number of nitrogen functional groups attached to an aromatic ring is 1. The molecular formula is C13H14N2O2S. The third-order valence-corrected chi connectivity index (χ3v) is 4.09. The third-order valence-electron chi connectivity index (χ3n) is 2.55. The molecule has 0 saturated heterocycles. The molecule has 4 nitrogen and oxygen atoms in total. The van der Waals surface area contributed by atoms with Crippen molar-refractivity contribution >= 4 is 21.4 Å². The van der Waals surface area contributed by atoms with E-state index in [4.69, 9.17) is 5.73 Å². The molecule has 0 saturated carbocycles. The lowest BCUT2D eigenvalue weighted by molar-refractivity contribution is 0.600. The van der Waals surface area contributed by atoms with Crippen LogP contribution in [0.1, 0.15) is 5.56 Å². The Morgan fingerprint density at radius 2 is 1.61 bits per heavy atom. The number of sulfonamides is 1. The number of hydrogen-bond donors (Lipinski definition) is 2. The number of aryl methyl sites for hydroxylation is 1. The van der Waals surface area contributed by atoms with Crippen LogP contribution in [0.2, 0.25) is 0 Å². The van der Waals surface area contributed by atoms with Crippen LogP contribution in [0.3, 0.4) is 0 Å². The first kappa shape index (κ1) is 12.4. The average molecular weight is 262 g/mol. The zero-order valence-corrected chi connectivity index (χ0v) is 10.7. The van der Waals surface area contributed by atoms with Gasteiger partial charge >= 0.3 is 0 Å². The van der Waals surface area contributed by atoms with Gasteiger partial charge in [-0.3, -0.25) is 4.72 Å². The summed E-state index contributed by atoms with van der Waals surface area (Å²) < 4.78 is 26.8. The van der Waals surface area contributed by atoms with E-state index in [1.54, 1.807) is 55.5 Å². The second-order valence-corrected chi connectivity index (χ2v) is 5.64. The monoisotopic (exact) mass is 262 g/mol. The maximum atomic E-state index is 12.2. The SMILES string of the molecule is Cc1ccccc1S(=O)(=O)Nc1ccc(N)cc1. The predicted molar refractivity (Wildman–Crippen MR) is 72.8 cm³/mol. The summed E-state index contributed by atoms with van der Waals surface area (Å²) in [6.07, 6.45) is 0. The summed E-state index contributed by atoms with van der Waals surface area (Å²) in [5.74, 6) is 0. The maximum absolute atomic E-state index is 12.2. The molecule has 0 unspecified atom stereocenters. The highest BCUT2D eigenvalue weighted by atomic mass is 32.2. The Labute approximate surface area is 107 Å². The van der Waals surface area contributed by atoms with Gasteiger partial charge < -0.3 is 5.73 Å². The Kier molecular flexibility index (Phi) is 3.25. The van der Waals surface area contributed by atoms with Crippen molar-refractivity contribution in [2.24, 2.45) is 0 Å². The molecule has 0 spiro atoms. The standard InChI is InChI=1S/C13H14N2O2S/c1-10-4-2-3-5-13(10)18(16,17)15-12-8-6-11(14)7-9-12/h2-9,15H,14H2,1H3. The molecule has 0 aliphatic rings. The molecule has 0 bridgehead atoms. The van der Waals surface area contributed by atoms with Crippen LogP contribution in [0.15, 0.2) is 53.4 Å². The molecule has 5 heteroatoms. The molecule has 0 aromatic heterocycles. The first-order chi connectivity index (χ1) is 8.49. The molecule has 0 atom stereocenters. The number of hydrogen-bond acceptors (Lipinski definition) is 3. The first-order valence-electron chi connectivity index (χ1n) is 5.43. The van der Waals surface area contributed by atoms with Crippen LogP contribution >= 0.6 is 0 Å². The van der Waals surface area contributed by atoms with E-state index in [0.29, 0.717) is 16.9 Å². The summed E-state index contributed by atoms with van der Waals surface area (Å²) in [5, 5.41) is 0. The van der Waals surface area contributed by atoms with Gasteiger partial charge in [0.25, 0.3) is 10.0 Å². The van der Waals surface area contributed by atoms with Gasteiger partial charge in [0.1, 0.15) is 0 Å². The van der Waals surface area contributed by atoms with Crippen LogP contribution in [0.5, 0.6) is 0 Å². The van der Waals surface area contributed by atoms with Crippen LogP contribution in [0.4, 0.5) is 11.4 Å². The van der Waals surface area contributed by atoms with Gasteiger partial charge in [0.05, 0.1) is 4.90 Å². The topological polar surface area (TPSA) is 72.2 Å². The molecule has 0 amide bonds. The van der Waals surface area contributed by atoms with Crippen molar-refractivity contribution in [2.75, 3.05) is 10.5 Å². The van der Waals surface area contributed by atoms with Crippen molar-refractivity contribution in [3.63, 3.8) is 0 Å². The van der Waals surface area contributed by atoms with Gasteiger partial charge in [-0.1, -0.05) is 18.2 Å². The Balaban J connectivity index is 2.33. The third kappa shape index (κ3) is 2.62. The minimum atomic E-state index is -3.55. The second kappa shape index (κ2) is 4.70. The maximum Gasteiger partial charge on any atom is 0.262 e. The van der Waals surface area contributed by atoms with Gasteiger partial charge in [0.2, 0.25) is 0 Å². The van der Waals surface area contributed by atoms with Crippen LogP contribution < -0.4 is 10.5 Å². The Morgan fingerprint density at radius 3 is 2.22 bits per heavy atom. The highest BCUT2D eigenvalue weighted by Gasteiger charge is 2.15. The van der Waals surface area contributed by atoms with Crippen molar-refractivity contribution in [3.05, 3.63) is 54.1 Å². The molecule has 3 N–H and O–H groups in total. The lowest BCUT2D eigenvalue weighted by Crippen LogP contribution is -2.14. The molecular weight excluding hydrogens is 248 g/mol. The molecule has 0 fully saturated rings. The zero-order valence-electron chi connectivity index (χ0n) is 9.92. The lowest BCUT2D eigenvalue weighted by Gasteiger charge is -2.10. The van der Waals surface area contributed by atoms with Crippen LogP contribution in [0, 0.1) is 6.92 Å². The van der Waals surface area contributed by atoms with Gasteiger partial charge in [-0.25, -0.2) is 8.42 Å². The van der Waals surface area contributed by atoms with Crippen LogP contribution in [-0.2, 0) is 10.0 Å². The fourth-order valence-corrected chi connectivity index (χ4v) is 2.93. The molecule has 0 aliphatic carbocycles. The lowest BCUT2D eigenvalue weighted by atomic mass is 10.2. The molecule has 2 rings (SSSR count). The molecule has 18 heavy (non-hydrogen) atoms. The van der Waals surface area contributed by atoms with Crippen LogP contribution in [0.25, 0.3) is 0 Å². The highest BCUT2D eigenvalue weighted by molar-refractivity contribution is 7.92. The van der Waals surface area contributed by atoms with Gasteiger partial charge in [-0.05, 0) is 42.8 Å². The normalized spacial score (nSPS) is 11.2. The molecule has 94 valence electrons. The minimum Gasteiger partial charge on any atom is -0.399 e. The quantitative estimate of drug-likeness (QED) is 0.834. The molecule has 0 aliphatic heterocycles. The van der Waals surface area contributed by atoms with Crippen molar-refractivity contribution in [2.45, 2.75) is 11.8 Å². The summed E-state index contributed by atoms with van der Waals surface area (Å²) in [6, 6.07) is 13.4. The van der Waals surface area contributed by atoms with E-state index >= 15 is 0 Å². The number of benzene rings is 2. The fourth-order valence-electron chi connectivity index (χ4n) is 1.62. The number of nitrogens with two attached hydrogens (primary N) is 1. The highest BCUT2D eigenvalue weighted by Crippen LogP contribution is 2.19. The van der Waals surface area contributed by atoms with Crippen molar-refractivity contribution in [1.29, 1.82) is 0 Å². The summed E-state index contributed by atoms with van der Waals surface area (Å²) in [6.45, 7) is 1.76. The predicted octanol–water partition coefficient (Wildman–Crippen LogP) is 2.38. The van der Waals surface area contributed by atoms with E-state index in [0.717, 1.165) is 0 Å². The van der Waals surface area contributed by atoms with Gasteiger partial charge in [-0.2, -0.15) is 0 Å². The van der Waals surface area contributed by atoms with Crippen molar-refractivity contribution < 1.29 is 8.42 Å². The van der Waals surface area contributed by atoms with Crippen LogP contribution in [-0.4, -0.2) is 8.42 Å². The summed E-state index contributed by atoms with van der Waals surface area (Å²) in [4.78, 5) is 0.279. The van der Waals surface area contributed by atoms with E-state index in [2.05, 4.69) is 4.72 Å². The summed E-state index contributed by atoms with van der Waals surface area (Å²) in [7, 11) is -3.55. The van der Waals surface area contributed by atoms with E-state index in [1.807, 2.05) is 0 Å². The van der Waals surface area contributed by atoms with Crippen molar-refractivity contribution in [3.8, 4) is 0 Å². The fraction of sp³-hybridized carbons (Fsp3) is 0.0769. The first-order valence-corrected chi connectivity index (χ1v) is 6.91.